The number of aryl methyl sites for hydroxylation is 1. The molecule has 3 aromatic rings. The van der Waals surface area contributed by atoms with Gasteiger partial charge in [-0.1, -0.05) is 30.3 Å². The van der Waals surface area contributed by atoms with Crippen LogP contribution in [0.4, 0.5) is 5.95 Å². The van der Waals surface area contributed by atoms with Crippen molar-refractivity contribution in [1.29, 1.82) is 0 Å². The molecule has 0 spiro atoms. The Balaban J connectivity index is 1.71. The van der Waals surface area contributed by atoms with Gasteiger partial charge in [0.15, 0.2) is 0 Å². The summed E-state index contributed by atoms with van der Waals surface area (Å²) in [5.74, 6) is 1.29. The maximum atomic E-state index is 12.4. The summed E-state index contributed by atoms with van der Waals surface area (Å²) < 4.78 is 7.30. The van der Waals surface area contributed by atoms with E-state index in [1.165, 1.54) is 5.56 Å². The van der Waals surface area contributed by atoms with Crippen molar-refractivity contribution in [2.45, 2.75) is 18.8 Å². The van der Waals surface area contributed by atoms with Crippen LogP contribution in [-0.4, -0.2) is 15.5 Å². The van der Waals surface area contributed by atoms with E-state index in [0.717, 1.165) is 12.2 Å². The lowest BCUT2D eigenvalue weighted by Gasteiger charge is -2.14. The van der Waals surface area contributed by atoms with Gasteiger partial charge in [-0.05, 0) is 24.1 Å². The van der Waals surface area contributed by atoms with Crippen LogP contribution in [0.3, 0.4) is 0 Å². The molecule has 23 heavy (non-hydrogen) atoms. The lowest BCUT2D eigenvalue weighted by Crippen LogP contribution is -2.18. The van der Waals surface area contributed by atoms with Crippen LogP contribution in [0.1, 0.15) is 23.7 Å². The molecule has 2 aromatic heterocycles. The number of benzene rings is 1. The maximum Gasteiger partial charge on any atom is 0.227 e. The minimum Gasteiger partial charge on any atom is -0.469 e. The van der Waals surface area contributed by atoms with Crippen molar-refractivity contribution in [3.63, 3.8) is 0 Å². The fraction of sp³-hybridized carbons (Fsp3) is 0.222. The Hall–Kier alpha value is -2.82. The molecule has 0 saturated carbocycles. The number of anilines is 1. The van der Waals surface area contributed by atoms with E-state index in [0.29, 0.717) is 12.4 Å². The summed E-state index contributed by atoms with van der Waals surface area (Å²) in [5.41, 5.74) is 1.18. The molecule has 3 rings (SSSR count). The third kappa shape index (κ3) is 3.88. The van der Waals surface area contributed by atoms with Gasteiger partial charge in [0.2, 0.25) is 11.9 Å². The van der Waals surface area contributed by atoms with Gasteiger partial charge in [0.1, 0.15) is 5.76 Å². The van der Waals surface area contributed by atoms with Crippen LogP contribution < -0.4 is 5.32 Å². The number of rotatable bonds is 6. The average Bonchev–Trinajstić information content (AvgIpc) is 3.20. The molecular formula is C18H19N3O2. The molecule has 5 nitrogen and oxygen atoms in total. The van der Waals surface area contributed by atoms with Crippen molar-refractivity contribution in [2.24, 2.45) is 7.05 Å². The van der Waals surface area contributed by atoms with Crippen LogP contribution in [-0.2, 0) is 18.3 Å². The highest BCUT2D eigenvalue weighted by atomic mass is 16.3. The number of aromatic nitrogens is 2. The fourth-order valence-electron chi connectivity index (χ4n) is 2.58. The minimum atomic E-state index is -0.0726. The summed E-state index contributed by atoms with van der Waals surface area (Å²) >= 11 is 0. The lowest BCUT2D eigenvalue weighted by atomic mass is 9.93. The third-order valence-electron chi connectivity index (χ3n) is 3.77. The number of nitrogens with zero attached hydrogens (tertiary/aromatic N) is 2. The van der Waals surface area contributed by atoms with Crippen LogP contribution in [0.5, 0.6) is 0 Å². The van der Waals surface area contributed by atoms with Crippen LogP contribution in [0.2, 0.25) is 0 Å². The van der Waals surface area contributed by atoms with E-state index in [1.54, 1.807) is 23.2 Å². The van der Waals surface area contributed by atoms with E-state index >= 15 is 0 Å². The highest BCUT2D eigenvalue weighted by Crippen LogP contribution is 2.25. The van der Waals surface area contributed by atoms with E-state index < -0.39 is 0 Å². The Labute approximate surface area is 135 Å². The summed E-state index contributed by atoms with van der Waals surface area (Å²) in [6.07, 6.45) is 6.19. The molecule has 0 aliphatic heterocycles. The third-order valence-corrected chi connectivity index (χ3v) is 3.77. The second-order valence-corrected chi connectivity index (χ2v) is 5.52. The first-order valence-electron chi connectivity index (χ1n) is 7.57. The summed E-state index contributed by atoms with van der Waals surface area (Å²) in [4.78, 5) is 16.5. The summed E-state index contributed by atoms with van der Waals surface area (Å²) in [5, 5.41) is 2.84. The highest BCUT2D eigenvalue weighted by Gasteiger charge is 2.20. The quantitative estimate of drug-likeness (QED) is 0.759. The molecule has 1 aromatic carbocycles. The average molecular weight is 309 g/mol. The topological polar surface area (TPSA) is 60.1 Å². The molecule has 0 aliphatic carbocycles. The minimum absolute atomic E-state index is 0.00679. The monoisotopic (exact) mass is 309 g/mol. The maximum absolute atomic E-state index is 12.4. The first-order chi connectivity index (χ1) is 11.2. The number of amides is 1. The molecule has 1 N–H and O–H groups in total. The van der Waals surface area contributed by atoms with Crippen LogP contribution in [0.25, 0.3) is 0 Å². The zero-order valence-corrected chi connectivity index (χ0v) is 13.0. The first-order valence-corrected chi connectivity index (χ1v) is 7.57. The first kappa shape index (κ1) is 15.1. The number of hydrogen-bond acceptors (Lipinski definition) is 3. The predicted octanol–water partition coefficient (Wildman–Crippen LogP) is 3.37. The van der Waals surface area contributed by atoms with Gasteiger partial charge in [-0.3, -0.25) is 10.1 Å². The lowest BCUT2D eigenvalue weighted by molar-refractivity contribution is -0.116. The standard InChI is InChI=1S/C18H19N3O2/c1-21-10-9-19-18(21)20-17(22)13-15(16-8-5-11-23-16)12-14-6-3-2-4-7-14/h2-11,15H,12-13H2,1H3,(H,19,20,22). The Kier molecular flexibility index (Phi) is 4.57. The number of imidazole rings is 1. The van der Waals surface area contributed by atoms with E-state index in [9.17, 15) is 4.79 Å². The molecule has 0 bridgehead atoms. The van der Waals surface area contributed by atoms with Crippen molar-refractivity contribution >= 4 is 11.9 Å². The highest BCUT2D eigenvalue weighted by molar-refractivity contribution is 5.89. The van der Waals surface area contributed by atoms with Gasteiger partial charge < -0.3 is 8.98 Å². The van der Waals surface area contributed by atoms with E-state index in [-0.39, 0.29) is 11.8 Å². The second-order valence-electron chi connectivity index (χ2n) is 5.52. The van der Waals surface area contributed by atoms with Gasteiger partial charge in [-0.25, -0.2) is 4.98 Å². The number of hydrogen-bond donors (Lipinski definition) is 1. The summed E-state index contributed by atoms with van der Waals surface area (Å²) in [6.45, 7) is 0. The molecule has 2 heterocycles. The van der Waals surface area contributed by atoms with Crippen molar-refractivity contribution < 1.29 is 9.21 Å². The van der Waals surface area contributed by atoms with Crippen molar-refractivity contribution in [3.8, 4) is 0 Å². The second kappa shape index (κ2) is 6.96. The normalized spacial score (nSPS) is 12.0. The Morgan fingerprint density at radius 2 is 2.09 bits per heavy atom. The number of carbonyl (C=O) groups is 1. The predicted molar refractivity (Wildman–Crippen MR) is 88.0 cm³/mol. The Morgan fingerprint density at radius 1 is 1.26 bits per heavy atom. The molecule has 1 unspecified atom stereocenters. The summed E-state index contributed by atoms with van der Waals surface area (Å²) in [6, 6.07) is 13.9. The molecule has 1 amide bonds. The molecule has 0 saturated heterocycles. The van der Waals surface area contributed by atoms with Gasteiger partial charge in [0.05, 0.1) is 6.26 Å². The van der Waals surface area contributed by atoms with Gasteiger partial charge in [0, 0.05) is 31.8 Å². The smallest absolute Gasteiger partial charge is 0.227 e. The van der Waals surface area contributed by atoms with Crippen LogP contribution in [0, 0.1) is 0 Å². The van der Waals surface area contributed by atoms with E-state index in [2.05, 4.69) is 22.4 Å². The molecule has 1 atom stereocenters. The van der Waals surface area contributed by atoms with Gasteiger partial charge in [0.25, 0.3) is 0 Å². The van der Waals surface area contributed by atoms with E-state index in [1.807, 2.05) is 37.4 Å². The molecule has 5 heteroatoms. The van der Waals surface area contributed by atoms with Gasteiger partial charge >= 0.3 is 0 Å². The molecular weight excluding hydrogens is 290 g/mol. The zero-order valence-electron chi connectivity index (χ0n) is 13.0. The molecule has 118 valence electrons. The number of nitrogens with one attached hydrogen (secondary N) is 1. The summed E-state index contributed by atoms with van der Waals surface area (Å²) in [7, 11) is 1.84. The van der Waals surface area contributed by atoms with Crippen LogP contribution >= 0.6 is 0 Å². The van der Waals surface area contributed by atoms with Crippen LogP contribution in [0.15, 0.2) is 65.5 Å². The van der Waals surface area contributed by atoms with Crippen molar-refractivity contribution in [2.75, 3.05) is 5.32 Å². The van der Waals surface area contributed by atoms with Gasteiger partial charge in [-0.2, -0.15) is 0 Å². The SMILES string of the molecule is Cn1ccnc1NC(=O)CC(Cc1ccccc1)c1ccco1. The number of furan rings is 1. The van der Waals surface area contributed by atoms with Crippen molar-refractivity contribution in [1.82, 2.24) is 9.55 Å². The molecule has 0 fully saturated rings. The van der Waals surface area contributed by atoms with Crippen molar-refractivity contribution in [3.05, 3.63) is 72.4 Å². The Bertz CT molecular complexity index is 748. The Morgan fingerprint density at radius 3 is 2.74 bits per heavy atom. The largest absolute Gasteiger partial charge is 0.469 e. The molecule has 0 radical (unpaired) electrons. The zero-order chi connectivity index (χ0) is 16.1. The van der Waals surface area contributed by atoms with Gasteiger partial charge in [-0.15, -0.1) is 0 Å². The van der Waals surface area contributed by atoms with E-state index in [4.69, 9.17) is 4.42 Å². The fourth-order valence-corrected chi connectivity index (χ4v) is 2.58. The molecule has 0 aliphatic rings. The number of carbonyl (C=O) groups excluding carboxylic acids is 1.